The average Bonchev–Trinajstić information content (AvgIpc) is 2.80. The smallest absolute Gasteiger partial charge is 0.237 e. The summed E-state index contributed by atoms with van der Waals surface area (Å²) in [6.45, 7) is 3.83. The molecular weight excluding hydrogens is 333 g/mol. The van der Waals surface area contributed by atoms with Crippen LogP contribution in [0.25, 0.3) is 5.69 Å². The Kier molecular flexibility index (Phi) is 4.22. The molecule has 0 saturated carbocycles. The average molecular weight is 347 g/mol. The van der Waals surface area contributed by atoms with Gasteiger partial charge in [0, 0.05) is 10.2 Å². The molecule has 0 spiro atoms. The van der Waals surface area contributed by atoms with E-state index < -0.39 is 11.7 Å². The quantitative estimate of drug-likeness (QED) is 0.782. The molecule has 0 saturated heterocycles. The van der Waals surface area contributed by atoms with Crippen LogP contribution in [0, 0.1) is 0 Å². The van der Waals surface area contributed by atoms with Crippen molar-refractivity contribution in [3.05, 3.63) is 45.7 Å². The van der Waals surface area contributed by atoms with Gasteiger partial charge in [0.2, 0.25) is 0 Å². The lowest BCUT2D eigenvalue weighted by atomic mass is 10.1. The molecule has 2 nitrogen and oxygen atoms in total. The maximum absolute atomic E-state index is 13.1. The summed E-state index contributed by atoms with van der Waals surface area (Å²) < 4.78 is 41.4. The van der Waals surface area contributed by atoms with Gasteiger partial charge >= 0.3 is 6.18 Å². The second-order valence-corrected chi connectivity index (χ2v) is 5.32. The SMILES string of the molecule is CCc1cc(CC)n(-c2cc(Br)ccc2C(F)(F)F)n1. The second-order valence-electron chi connectivity index (χ2n) is 4.41. The van der Waals surface area contributed by atoms with Crippen molar-refractivity contribution in [3.63, 3.8) is 0 Å². The minimum Gasteiger partial charge on any atom is -0.237 e. The highest BCUT2D eigenvalue weighted by Crippen LogP contribution is 2.35. The Balaban J connectivity index is 2.68. The third-order valence-electron chi connectivity index (χ3n) is 3.05. The van der Waals surface area contributed by atoms with Gasteiger partial charge in [-0.15, -0.1) is 0 Å². The molecular formula is C14H14BrF3N2. The van der Waals surface area contributed by atoms with Crippen molar-refractivity contribution in [2.75, 3.05) is 0 Å². The lowest BCUT2D eigenvalue weighted by molar-refractivity contribution is -0.137. The summed E-state index contributed by atoms with van der Waals surface area (Å²) in [5.41, 5.74) is 0.935. The second kappa shape index (κ2) is 5.60. The standard InChI is InChI=1S/C14H14BrF3N2/c1-3-10-8-11(4-2)20(19-10)13-7-9(15)5-6-12(13)14(16,17)18/h5-8H,3-4H2,1-2H3. The van der Waals surface area contributed by atoms with Crippen molar-refractivity contribution in [3.8, 4) is 5.69 Å². The number of benzene rings is 1. The Morgan fingerprint density at radius 3 is 2.40 bits per heavy atom. The molecule has 0 fully saturated rings. The number of nitrogens with zero attached hydrogens (tertiary/aromatic N) is 2. The predicted molar refractivity (Wildman–Crippen MR) is 75.0 cm³/mol. The van der Waals surface area contributed by atoms with Gasteiger partial charge in [0.15, 0.2) is 0 Å². The summed E-state index contributed by atoms with van der Waals surface area (Å²) in [6, 6.07) is 5.77. The van der Waals surface area contributed by atoms with E-state index in [-0.39, 0.29) is 5.69 Å². The normalized spacial score (nSPS) is 11.9. The van der Waals surface area contributed by atoms with E-state index in [1.807, 2.05) is 19.9 Å². The minimum absolute atomic E-state index is 0.0587. The van der Waals surface area contributed by atoms with Crippen molar-refractivity contribution in [1.29, 1.82) is 0 Å². The Bertz CT molecular complexity index is 617. The number of hydrogen-bond acceptors (Lipinski definition) is 1. The highest BCUT2D eigenvalue weighted by atomic mass is 79.9. The predicted octanol–water partition coefficient (Wildman–Crippen LogP) is 4.78. The fraction of sp³-hybridized carbons (Fsp3) is 0.357. The van der Waals surface area contributed by atoms with Crippen LogP contribution in [0.15, 0.2) is 28.7 Å². The first-order valence-electron chi connectivity index (χ1n) is 6.31. The third-order valence-corrected chi connectivity index (χ3v) is 3.54. The van der Waals surface area contributed by atoms with Gasteiger partial charge in [-0.05, 0) is 37.1 Å². The highest BCUT2D eigenvalue weighted by Gasteiger charge is 2.34. The largest absolute Gasteiger partial charge is 0.418 e. The molecule has 0 amide bonds. The Hall–Kier alpha value is -1.30. The van der Waals surface area contributed by atoms with E-state index in [0.29, 0.717) is 17.3 Å². The molecule has 0 aliphatic heterocycles. The Morgan fingerprint density at radius 2 is 1.85 bits per heavy atom. The zero-order valence-electron chi connectivity index (χ0n) is 11.1. The fourth-order valence-electron chi connectivity index (χ4n) is 2.03. The molecule has 108 valence electrons. The van der Waals surface area contributed by atoms with E-state index in [9.17, 15) is 13.2 Å². The first kappa shape index (κ1) is 15.1. The van der Waals surface area contributed by atoms with Gasteiger partial charge in [0.05, 0.1) is 16.9 Å². The van der Waals surface area contributed by atoms with Crippen LogP contribution < -0.4 is 0 Å². The van der Waals surface area contributed by atoms with E-state index in [1.165, 1.54) is 16.8 Å². The van der Waals surface area contributed by atoms with Crippen LogP contribution in [0.5, 0.6) is 0 Å². The molecule has 1 heterocycles. The van der Waals surface area contributed by atoms with Crippen LogP contribution in [0.1, 0.15) is 30.8 Å². The summed E-state index contributed by atoms with van der Waals surface area (Å²) in [6.07, 6.45) is -3.09. The molecule has 1 aromatic carbocycles. The summed E-state index contributed by atoms with van der Waals surface area (Å²) in [4.78, 5) is 0. The van der Waals surface area contributed by atoms with Crippen LogP contribution >= 0.6 is 15.9 Å². The lowest BCUT2D eigenvalue weighted by Gasteiger charge is -2.15. The maximum Gasteiger partial charge on any atom is 0.418 e. The number of aryl methyl sites for hydroxylation is 2. The molecule has 0 aliphatic carbocycles. The highest BCUT2D eigenvalue weighted by molar-refractivity contribution is 9.10. The van der Waals surface area contributed by atoms with Crippen LogP contribution in [-0.2, 0) is 19.0 Å². The fourth-order valence-corrected chi connectivity index (χ4v) is 2.38. The van der Waals surface area contributed by atoms with E-state index in [1.54, 1.807) is 0 Å². The summed E-state index contributed by atoms with van der Waals surface area (Å²) in [7, 11) is 0. The first-order chi connectivity index (χ1) is 9.36. The molecule has 0 aliphatic rings. The Labute approximate surface area is 123 Å². The molecule has 1 aromatic heterocycles. The van der Waals surface area contributed by atoms with Gasteiger partial charge in [-0.3, -0.25) is 0 Å². The van der Waals surface area contributed by atoms with Crippen molar-refractivity contribution >= 4 is 15.9 Å². The van der Waals surface area contributed by atoms with Gasteiger partial charge in [-0.25, -0.2) is 4.68 Å². The molecule has 0 N–H and O–H groups in total. The van der Waals surface area contributed by atoms with Crippen LogP contribution in [-0.4, -0.2) is 9.78 Å². The van der Waals surface area contributed by atoms with E-state index in [0.717, 1.165) is 17.5 Å². The first-order valence-corrected chi connectivity index (χ1v) is 7.11. The molecule has 6 heteroatoms. The summed E-state index contributed by atoms with van der Waals surface area (Å²) >= 11 is 3.22. The summed E-state index contributed by atoms with van der Waals surface area (Å²) in [5, 5.41) is 4.28. The Morgan fingerprint density at radius 1 is 1.15 bits per heavy atom. The molecule has 0 radical (unpaired) electrons. The van der Waals surface area contributed by atoms with Crippen LogP contribution in [0.4, 0.5) is 13.2 Å². The van der Waals surface area contributed by atoms with Gasteiger partial charge in [-0.2, -0.15) is 18.3 Å². The zero-order chi connectivity index (χ0) is 14.9. The molecule has 2 rings (SSSR count). The van der Waals surface area contributed by atoms with Gasteiger partial charge < -0.3 is 0 Å². The van der Waals surface area contributed by atoms with E-state index in [4.69, 9.17) is 0 Å². The molecule has 2 aromatic rings. The summed E-state index contributed by atoms with van der Waals surface area (Å²) in [5.74, 6) is 0. The van der Waals surface area contributed by atoms with Gasteiger partial charge in [-0.1, -0.05) is 29.8 Å². The lowest BCUT2D eigenvalue weighted by Crippen LogP contribution is -2.13. The number of alkyl halides is 3. The minimum atomic E-state index is -4.40. The van der Waals surface area contributed by atoms with E-state index >= 15 is 0 Å². The maximum atomic E-state index is 13.1. The van der Waals surface area contributed by atoms with Crippen LogP contribution in [0.2, 0.25) is 0 Å². The van der Waals surface area contributed by atoms with Crippen molar-refractivity contribution in [2.45, 2.75) is 32.9 Å². The number of aromatic nitrogens is 2. The monoisotopic (exact) mass is 346 g/mol. The van der Waals surface area contributed by atoms with Gasteiger partial charge in [0.1, 0.15) is 0 Å². The van der Waals surface area contributed by atoms with Crippen LogP contribution in [0.3, 0.4) is 0 Å². The number of hydrogen-bond donors (Lipinski definition) is 0. The number of halogens is 4. The van der Waals surface area contributed by atoms with Gasteiger partial charge in [0.25, 0.3) is 0 Å². The topological polar surface area (TPSA) is 17.8 Å². The van der Waals surface area contributed by atoms with E-state index in [2.05, 4.69) is 21.0 Å². The number of rotatable bonds is 3. The molecule has 0 bridgehead atoms. The molecule has 0 unspecified atom stereocenters. The van der Waals surface area contributed by atoms with Crippen molar-refractivity contribution in [2.24, 2.45) is 0 Å². The van der Waals surface area contributed by atoms with Crippen molar-refractivity contribution in [1.82, 2.24) is 9.78 Å². The zero-order valence-corrected chi connectivity index (χ0v) is 12.7. The molecule has 0 atom stereocenters. The molecule has 20 heavy (non-hydrogen) atoms. The third kappa shape index (κ3) is 2.90. The van der Waals surface area contributed by atoms with Crippen molar-refractivity contribution < 1.29 is 13.2 Å².